The molecule has 0 radical (unpaired) electrons. The van der Waals surface area contributed by atoms with Crippen LogP contribution in [0.5, 0.6) is 5.75 Å². The number of hydrogen-bond donors (Lipinski definition) is 2. The predicted octanol–water partition coefficient (Wildman–Crippen LogP) is 3.30. The second-order valence-electron chi connectivity index (χ2n) is 5.49. The van der Waals surface area contributed by atoms with Gasteiger partial charge in [-0.15, -0.1) is 11.3 Å². The molecule has 0 saturated carbocycles. The van der Waals surface area contributed by atoms with E-state index in [-0.39, 0.29) is 5.91 Å². The van der Waals surface area contributed by atoms with Gasteiger partial charge in [-0.2, -0.15) is 0 Å². The minimum absolute atomic E-state index is 0.308. The summed E-state index contributed by atoms with van der Waals surface area (Å²) in [6.45, 7) is 2.33. The van der Waals surface area contributed by atoms with Crippen LogP contribution in [-0.2, 0) is 11.2 Å². The number of aliphatic carboxylic acids is 1. The lowest BCUT2D eigenvalue weighted by Gasteiger charge is -2.16. The van der Waals surface area contributed by atoms with Gasteiger partial charge in [-0.1, -0.05) is 12.1 Å². The average molecular weight is 346 g/mol. The monoisotopic (exact) mass is 346 g/mol. The Balaban J connectivity index is 1.82. The van der Waals surface area contributed by atoms with E-state index in [2.05, 4.69) is 10.3 Å². The number of amides is 1. The van der Waals surface area contributed by atoms with Gasteiger partial charge in [0.05, 0.1) is 17.9 Å². The summed E-state index contributed by atoms with van der Waals surface area (Å²) in [6, 6.07) is 7.01. The minimum Gasteiger partial charge on any atom is -0.493 e. The van der Waals surface area contributed by atoms with Gasteiger partial charge in [-0.3, -0.25) is 14.9 Å². The number of rotatable bonds is 5. The van der Waals surface area contributed by atoms with E-state index in [0.29, 0.717) is 35.2 Å². The number of nitrogens with one attached hydrogen (secondary N) is 1. The number of carboxylic acid groups (broad SMARTS) is 1. The first-order valence-corrected chi connectivity index (χ1v) is 8.67. The highest BCUT2D eigenvalue weighted by molar-refractivity contribution is 7.15. The number of nitrogens with zero attached hydrogens (tertiary/aromatic N) is 1. The van der Waals surface area contributed by atoms with E-state index < -0.39 is 11.9 Å². The van der Waals surface area contributed by atoms with Gasteiger partial charge in [0, 0.05) is 4.88 Å². The van der Waals surface area contributed by atoms with Gasteiger partial charge in [0.2, 0.25) is 0 Å². The molecule has 0 spiro atoms. The van der Waals surface area contributed by atoms with Gasteiger partial charge in [0.1, 0.15) is 11.7 Å². The van der Waals surface area contributed by atoms with Crippen molar-refractivity contribution >= 4 is 28.3 Å². The Hall–Kier alpha value is -2.41. The summed E-state index contributed by atoms with van der Waals surface area (Å²) in [6.07, 6.45) is 2.22. The number of thiazole rings is 1. The van der Waals surface area contributed by atoms with Crippen LogP contribution in [0.3, 0.4) is 0 Å². The second-order valence-corrected chi connectivity index (χ2v) is 6.58. The molecule has 3 rings (SSSR count). The SMILES string of the molecule is CCOc1ccccc1C(=O)Nc1nc2c(s1)CCCC2C(=O)O. The topological polar surface area (TPSA) is 88.5 Å². The normalized spacial score (nSPS) is 16.3. The van der Waals surface area contributed by atoms with Crippen LogP contribution in [0.1, 0.15) is 46.6 Å². The Morgan fingerprint density at radius 1 is 1.42 bits per heavy atom. The molecule has 1 unspecified atom stereocenters. The first-order chi connectivity index (χ1) is 11.6. The van der Waals surface area contributed by atoms with E-state index in [9.17, 15) is 14.7 Å². The summed E-state index contributed by atoms with van der Waals surface area (Å²) in [5.74, 6) is -1.23. The Labute approximate surface area is 143 Å². The molecule has 0 bridgehead atoms. The first-order valence-electron chi connectivity index (χ1n) is 7.85. The zero-order chi connectivity index (χ0) is 17.1. The van der Waals surface area contributed by atoms with E-state index in [4.69, 9.17) is 4.74 Å². The summed E-state index contributed by atoms with van der Waals surface area (Å²) in [4.78, 5) is 29.2. The van der Waals surface area contributed by atoms with Crippen molar-refractivity contribution in [2.45, 2.75) is 32.1 Å². The fourth-order valence-corrected chi connectivity index (χ4v) is 3.87. The van der Waals surface area contributed by atoms with E-state index in [1.807, 2.05) is 6.92 Å². The molecule has 1 aromatic heterocycles. The number of carboxylic acids is 1. The van der Waals surface area contributed by atoms with Crippen molar-refractivity contribution in [1.29, 1.82) is 0 Å². The highest BCUT2D eigenvalue weighted by Crippen LogP contribution is 2.37. The molecular formula is C17H18N2O4S. The van der Waals surface area contributed by atoms with E-state index >= 15 is 0 Å². The molecule has 0 fully saturated rings. The number of aryl methyl sites for hydroxylation is 1. The Morgan fingerprint density at radius 2 is 2.21 bits per heavy atom. The maximum atomic E-state index is 12.5. The van der Waals surface area contributed by atoms with Crippen LogP contribution in [0.15, 0.2) is 24.3 Å². The van der Waals surface area contributed by atoms with Crippen LogP contribution in [0.4, 0.5) is 5.13 Å². The molecule has 1 atom stereocenters. The van der Waals surface area contributed by atoms with Crippen LogP contribution in [0.25, 0.3) is 0 Å². The maximum absolute atomic E-state index is 12.5. The van der Waals surface area contributed by atoms with Gasteiger partial charge in [-0.05, 0) is 38.3 Å². The highest BCUT2D eigenvalue weighted by atomic mass is 32.1. The van der Waals surface area contributed by atoms with E-state index in [1.165, 1.54) is 11.3 Å². The molecule has 0 aliphatic heterocycles. The molecule has 2 N–H and O–H groups in total. The van der Waals surface area contributed by atoms with Crippen molar-refractivity contribution in [3.63, 3.8) is 0 Å². The van der Waals surface area contributed by atoms with Crippen molar-refractivity contribution in [3.8, 4) is 5.75 Å². The van der Waals surface area contributed by atoms with Crippen LogP contribution in [-0.4, -0.2) is 28.6 Å². The number of ether oxygens (including phenoxy) is 1. The molecule has 2 aromatic rings. The zero-order valence-electron chi connectivity index (χ0n) is 13.2. The molecular weight excluding hydrogens is 328 g/mol. The third-order valence-electron chi connectivity index (χ3n) is 3.90. The number of carbonyl (C=O) groups is 2. The number of anilines is 1. The fourth-order valence-electron chi connectivity index (χ4n) is 2.81. The molecule has 1 heterocycles. The molecule has 126 valence electrons. The lowest BCUT2D eigenvalue weighted by atomic mass is 9.91. The summed E-state index contributed by atoms with van der Waals surface area (Å²) < 4.78 is 5.47. The number of aromatic nitrogens is 1. The Morgan fingerprint density at radius 3 is 2.96 bits per heavy atom. The zero-order valence-corrected chi connectivity index (χ0v) is 14.1. The van der Waals surface area contributed by atoms with E-state index in [0.717, 1.165) is 17.7 Å². The fraction of sp³-hybridized carbons (Fsp3) is 0.353. The third-order valence-corrected chi connectivity index (χ3v) is 4.95. The van der Waals surface area contributed by atoms with Crippen molar-refractivity contribution in [2.75, 3.05) is 11.9 Å². The third kappa shape index (κ3) is 3.26. The molecule has 24 heavy (non-hydrogen) atoms. The minimum atomic E-state index is -0.860. The quantitative estimate of drug-likeness (QED) is 0.867. The number of benzene rings is 1. The van der Waals surface area contributed by atoms with Gasteiger partial charge in [0.25, 0.3) is 5.91 Å². The molecule has 0 saturated heterocycles. The number of hydrogen-bond acceptors (Lipinski definition) is 5. The number of para-hydroxylation sites is 1. The van der Waals surface area contributed by atoms with Crippen molar-refractivity contribution in [3.05, 3.63) is 40.4 Å². The van der Waals surface area contributed by atoms with Gasteiger partial charge < -0.3 is 9.84 Å². The van der Waals surface area contributed by atoms with Crippen molar-refractivity contribution < 1.29 is 19.4 Å². The van der Waals surface area contributed by atoms with Gasteiger partial charge >= 0.3 is 5.97 Å². The highest BCUT2D eigenvalue weighted by Gasteiger charge is 2.30. The van der Waals surface area contributed by atoms with Gasteiger partial charge in [0.15, 0.2) is 5.13 Å². The lowest BCUT2D eigenvalue weighted by molar-refractivity contribution is -0.139. The average Bonchev–Trinajstić information content (AvgIpc) is 2.97. The summed E-state index contributed by atoms with van der Waals surface area (Å²) in [5, 5.41) is 12.5. The second kappa shape index (κ2) is 7.00. The number of carbonyl (C=O) groups excluding carboxylic acids is 1. The molecule has 7 heteroatoms. The number of fused-ring (bicyclic) bond motifs is 1. The lowest BCUT2D eigenvalue weighted by Crippen LogP contribution is -2.17. The van der Waals surface area contributed by atoms with E-state index in [1.54, 1.807) is 24.3 Å². The largest absolute Gasteiger partial charge is 0.493 e. The van der Waals surface area contributed by atoms with Crippen LogP contribution >= 0.6 is 11.3 Å². The molecule has 6 nitrogen and oxygen atoms in total. The smallest absolute Gasteiger partial charge is 0.312 e. The predicted molar refractivity (Wildman–Crippen MR) is 91.0 cm³/mol. The summed E-state index contributed by atoms with van der Waals surface area (Å²) in [5.41, 5.74) is 1.02. The van der Waals surface area contributed by atoms with Crippen LogP contribution < -0.4 is 10.1 Å². The Kier molecular flexibility index (Phi) is 4.80. The maximum Gasteiger partial charge on any atom is 0.312 e. The summed E-state index contributed by atoms with van der Waals surface area (Å²) in [7, 11) is 0. The molecule has 1 aromatic carbocycles. The van der Waals surface area contributed by atoms with Crippen LogP contribution in [0.2, 0.25) is 0 Å². The summed E-state index contributed by atoms with van der Waals surface area (Å²) >= 11 is 1.35. The molecule has 1 amide bonds. The van der Waals surface area contributed by atoms with Crippen LogP contribution in [0, 0.1) is 0 Å². The van der Waals surface area contributed by atoms with Crippen molar-refractivity contribution in [1.82, 2.24) is 4.98 Å². The first kappa shape index (κ1) is 16.4. The standard InChI is InChI=1S/C17H18N2O4S/c1-2-23-12-8-4-3-6-10(12)15(20)19-17-18-14-11(16(21)22)7-5-9-13(14)24-17/h3-4,6,8,11H,2,5,7,9H2,1H3,(H,21,22)(H,18,19,20). The molecule has 1 aliphatic carbocycles. The molecule has 1 aliphatic rings. The van der Waals surface area contributed by atoms with Crippen molar-refractivity contribution in [2.24, 2.45) is 0 Å². The van der Waals surface area contributed by atoms with Gasteiger partial charge in [-0.25, -0.2) is 4.98 Å². The Bertz CT molecular complexity index is 772.